The van der Waals surface area contributed by atoms with Gasteiger partial charge in [-0.1, -0.05) is 37.1 Å². The minimum absolute atomic E-state index is 0.180. The van der Waals surface area contributed by atoms with Crippen molar-refractivity contribution in [2.45, 2.75) is 56.6 Å². The predicted molar refractivity (Wildman–Crippen MR) is 133 cm³/mol. The number of esters is 1. The first-order valence-electron chi connectivity index (χ1n) is 12.1. The van der Waals surface area contributed by atoms with Gasteiger partial charge in [0.05, 0.1) is 30.6 Å². The topological polar surface area (TPSA) is 55.8 Å². The Hall–Kier alpha value is -2.38. The molecule has 1 heterocycles. The van der Waals surface area contributed by atoms with Crippen molar-refractivity contribution in [2.75, 3.05) is 26.4 Å². The molecule has 2 aromatic rings. The number of hydrogen-bond acceptors (Lipinski definition) is 5. The maximum absolute atomic E-state index is 12.9. The number of unbranched alkanes of at least 4 members (excludes halogenated alkanes) is 3. The molecular formula is C27H34FNO4S. The van der Waals surface area contributed by atoms with Crippen molar-refractivity contribution in [3.05, 3.63) is 71.0 Å². The van der Waals surface area contributed by atoms with Crippen LogP contribution < -0.4 is 0 Å². The number of halogens is 1. The van der Waals surface area contributed by atoms with Crippen molar-refractivity contribution < 1.29 is 23.5 Å². The lowest BCUT2D eigenvalue weighted by Crippen LogP contribution is -2.52. The largest absolute Gasteiger partial charge is 0.462 e. The molecule has 0 bridgehead atoms. The molecular weight excluding hydrogens is 453 g/mol. The van der Waals surface area contributed by atoms with Gasteiger partial charge in [0, 0.05) is 18.9 Å². The van der Waals surface area contributed by atoms with Crippen LogP contribution in [0.2, 0.25) is 0 Å². The van der Waals surface area contributed by atoms with E-state index in [0.717, 1.165) is 43.4 Å². The summed E-state index contributed by atoms with van der Waals surface area (Å²) in [6, 6.07) is 14.2. The van der Waals surface area contributed by atoms with Gasteiger partial charge in [-0.2, -0.15) is 0 Å². The number of nitrogens with zero attached hydrogens (tertiary/aromatic N) is 1. The van der Waals surface area contributed by atoms with E-state index in [1.807, 2.05) is 29.2 Å². The summed E-state index contributed by atoms with van der Waals surface area (Å²) < 4.78 is 23.7. The van der Waals surface area contributed by atoms with Gasteiger partial charge in [0.1, 0.15) is 5.82 Å². The van der Waals surface area contributed by atoms with Gasteiger partial charge in [0.15, 0.2) is 0 Å². The predicted octanol–water partition coefficient (Wildman–Crippen LogP) is 5.61. The van der Waals surface area contributed by atoms with E-state index in [9.17, 15) is 14.0 Å². The summed E-state index contributed by atoms with van der Waals surface area (Å²) >= 11 is 1.74. The molecule has 34 heavy (non-hydrogen) atoms. The average Bonchev–Trinajstić information content (AvgIpc) is 2.84. The van der Waals surface area contributed by atoms with Crippen molar-refractivity contribution in [3.8, 4) is 0 Å². The fraction of sp³-hybridized carbons (Fsp3) is 0.481. The Bertz CT molecular complexity index is 904. The maximum Gasteiger partial charge on any atom is 0.338 e. The second-order valence-corrected chi connectivity index (χ2v) is 9.54. The standard InChI is InChI=1S/C27H34FNO4S/c1-2-33-27(31)23-12-8-22(9-13-23)20-34-26-19-25(30)29(26)16-18-32-17-6-4-3-5-7-21-10-14-24(28)15-11-21/h8-15,26H,2-7,16-20H2,1H3. The van der Waals surface area contributed by atoms with Gasteiger partial charge in [0.2, 0.25) is 5.91 Å². The Morgan fingerprint density at radius 2 is 1.71 bits per heavy atom. The average molecular weight is 488 g/mol. The molecule has 2 aromatic carbocycles. The molecule has 1 atom stereocenters. The molecule has 1 saturated heterocycles. The van der Waals surface area contributed by atoms with Crippen LogP contribution in [0, 0.1) is 5.82 Å². The van der Waals surface area contributed by atoms with Crippen LogP contribution in [0.4, 0.5) is 4.39 Å². The number of β-lactam (4-membered cyclic amide) rings is 1. The van der Waals surface area contributed by atoms with E-state index >= 15 is 0 Å². The Balaban J connectivity index is 1.23. The number of likely N-dealkylation sites (tertiary alicyclic amines) is 1. The molecule has 0 N–H and O–H groups in total. The highest BCUT2D eigenvalue weighted by atomic mass is 32.2. The van der Waals surface area contributed by atoms with E-state index in [1.165, 1.54) is 17.7 Å². The molecule has 7 heteroatoms. The number of rotatable bonds is 15. The second kappa shape index (κ2) is 14.1. The summed E-state index contributed by atoms with van der Waals surface area (Å²) in [5, 5.41) is 0.187. The molecule has 1 fully saturated rings. The molecule has 184 valence electrons. The molecule has 1 unspecified atom stereocenters. The lowest BCUT2D eigenvalue weighted by atomic mass is 10.1. The number of thioether (sulfide) groups is 1. The van der Waals surface area contributed by atoms with Crippen molar-refractivity contribution in [3.63, 3.8) is 0 Å². The minimum Gasteiger partial charge on any atom is -0.462 e. The van der Waals surface area contributed by atoms with Gasteiger partial charge >= 0.3 is 5.97 Å². The summed E-state index contributed by atoms with van der Waals surface area (Å²) in [5.74, 6) is 0.478. The van der Waals surface area contributed by atoms with Crippen LogP contribution in [-0.4, -0.2) is 48.5 Å². The van der Waals surface area contributed by atoms with Gasteiger partial charge in [-0.05, 0) is 61.6 Å². The van der Waals surface area contributed by atoms with E-state index < -0.39 is 0 Å². The number of carbonyl (C=O) groups excluding carboxylic acids is 2. The normalized spacial score (nSPS) is 15.3. The number of aryl methyl sites for hydroxylation is 1. The molecule has 0 aromatic heterocycles. The fourth-order valence-electron chi connectivity index (χ4n) is 3.79. The monoisotopic (exact) mass is 487 g/mol. The summed E-state index contributed by atoms with van der Waals surface area (Å²) in [7, 11) is 0. The van der Waals surface area contributed by atoms with Gasteiger partial charge in [-0.15, -0.1) is 11.8 Å². The van der Waals surface area contributed by atoms with Crippen LogP contribution in [0.25, 0.3) is 0 Å². The summed E-state index contributed by atoms with van der Waals surface area (Å²) in [5.41, 5.74) is 2.85. The molecule has 3 rings (SSSR count). The van der Waals surface area contributed by atoms with E-state index in [4.69, 9.17) is 9.47 Å². The first-order chi connectivity index (χ1) is 16.6. The van der Waals surface area contributed by atoms with Crippen molar-refractivity contribution in [2.24, 2.45) is 0 Å². The third-order valence-electron chi connectivity index (χ3n) is 5.82. The van der Waals surface area contributed by atoms with Gasteiger partial charge in [-0.3, -0.25) is 4.79 Å². The Morgan fingerprint density at radius 1 is 1.00 bits per heavy atom. The van der Waals surface area contributed by atoms with Crippen LogP contribution in [0.15, 0.2) is 48.5 Å². The van der Waals surface area contributed by atoms with Crippen molar-refractivity contribution >= 4 is 23.6 Å². The van der Waals surface area contributed by atoms with Crippen LogP contribution in [0.1, 0.15) is 60.5 Å². The summed E-state index contributed by atoms with van der Waals surface area (Å²) in [6.07, 6.45) is 5.89. The van der Waals surface area contributed by atoms with Crippen LogP contribution >= 0.6 is 11.8 Å². The summed E-state index contributed by atoms with van der Waals surface area (Å²) in [4.78, 5) is 25.6. The zero-order chi connectivity index (χ0) is 24.2. The molecule has 1 amide bonds. The Labute approximate surface area is 206 Å². The number of benzene rings is 2. The third-order valence-corrected chi connectivity index (χ3v) is 7.12. The van der Waals surface area contributed by atoms with Crippen LogP contribution in [0.3, 0.4) is 0 Å². The molecule has 0 radical (unpaired) electrons. The van der Waals surface area contributed by atoms with E-state index in [1.54, 1.807) is 30.8 Å². The Morgan fingerprint density at radius 3 is 2.41 bits per heavy atom. The maximum atomic E-state index is 12.9. The lowest BCUT2D eigenvalue weighted by molar-refractivity contribution is -0.142. The molecule has 1 aliphatic rings. The van der Waals surface area contributed by atoms with Gasteiger partial charge in [-0.25, -0.2) is 9.18 Å². The smallest absolute Gasteiger partial charge is 0.338 e. The highest BCUT2D eigenvalue weighted by Gasteiger charge is 2.35. The van der Waals surface area contributed by atoms with Crippen LogP contribution in [0.5, 0.6) is 0 Å². The number of carbonyl (C=O) groups is 2. The lowest BCUT2D eigenvalue weighted by Gasteiger charge is -2.40. The number of amides is 1. The van der Waals surface area contributed by atoms with Gasteiger partial charge in [0.25, 0.3) is 0 Å². The summed E-state index contributed by atoms with van der Waals surface area (Å²) in [6.45, 7) is 4.06. The van der Waals surface area contributed by atoms with Crippen molar-refractivity contribution in [1.29, 1.82) is 0 Å². The first-order valence-corrected chi connectivity index (χ1v) is 13.1. The van der Waals surface area contributed by atoms with Gasteiger partial charge < -0.3 is 14.4 Å². The third kappa shape index (κ3) is 8.44. The zero-order valence-electron chi connectivity index (χ0n) is 19.8. The highest BCUT2D eigenvalue weighted by Crippen LogP contribution is 2.31. The molecule has 1 aliphatic heterocycles. The van der Waals surface area contributed by atoms with Crippen molar-refractivity contribution in [1.82, 2.24) is 4.90 Å². The van der Waals surface area contributed by atoms with E-state index in [0.29, 0.717) is 38.3 Å². The molecule has 0 spiro atoms. The Kier molecular flexibility index (Phi) is 10.9. The second-order valence-electron chi connectivity index (χ2n) is 8.38. The molecule has 0 aliphatic carbocycles. The fourth-order valence-corrected chi connectivity index (χ4v) is 5.03. The van der Waals surface area contributed by atoms with E-state index in [-0.39, 0.29) is 23.1 Å². The zero-order valence-corrected chi connectivity index (χ0v) is 20.7. The highest BCUT2D eigenvalue weighted by molar-refractivity contribution is 7.99. The molecule has 0 saturated carbocycles. The first kappa shape index (κ1) is 26.2. The quantitative estimate of drug-likeness (QED) is 0.186. The van der Waals surface area contributed by atoms with Crippen LogP contribution in [-0.2, 0) is 26.4 Å². The number of hydrogen-bond donors (Lipinski definition) is 0. The minimum atomic E-state index is -0.303. The number of ether oxygens (including phenoxy) is 2. The SMILES string of the molecule is CCOC(=O)c1ccc(CSC2CC(=O)N2CCOCCCCCCc2ccc(F)cc2)cc1. The molecule has 5 nitrogen and oxygen atoms in total. The van der Waals surface area contributed by atoms with E-state index in [2.05, 4.69) is 0 Å².